The lowest BCUT2D eigenvalue weighted by atomic mass is 9.91. The number of rotatable bonds is 5. The summed E-state index contributed by atoms with van der Waals surface area (Å²) in [5.41, 5.74) is 4.93. The lowest BCUT2D eigenvalue weighted by Gasteiger charge is -2.31. The minimum Gasteiger partial charge on any atom is -0.496 e. The third-order valence-electron chi connectivity index (χ3n) is 6.38. The number of nitriles is 1. The topological polar surface area (TPSA) is 97.8 Å². The molecule has 8 heteroatoms. The summed E-state index contributed by atoms with van der Waals surface area (Å²) in [5.74, 6) is 1.94. The molecule has 3 aromatic rings. The molecule has 0 unspecified atom stereocenters. The highest BCUT2D eigenvalue weighted by Gasteiger charge is 2.28. The van der Waals surface area contributed by atoms with E-state index >= 15 is 0 Å². The molecule has 4 rings (SSSR count). The van der Waals surface area contributed by atoms with E-state index in [4.69, 9.17) is 18.7 Å². The second-order valence-corrected chi connectivity index (χ2v) is 10.4. The molecule has 194 valence electrons. The molecule has 37 heavy (non-hydrogen) atoms. The summed E-state index contributed by atoms with van der Waals surface area (Å²) in [6.45, 7) is 10.8. The fourth-order valence-electron chi connectivity index (χ4n) is 4.56. The van der Waals surface area contributed by atoms with E-state index in [1.807, 2.05) is 45.0 Å². The monoisotopic (exact) mass is 503 g/mol. The Balaban J connectivity index is 1.75. The SMILES string of the molecule is COc1cc(OC)c(C(C)C)cc1-c1onc(C#N)c1-c1ccc2c(c1)CCN(C(=O)OC(C)(C)C)C2. The highest BCUT2D eigenvalue weighted by Crippen LogP contribution is 2.44. The number of hydrogen-bond acceptors (Lipinski definition) is 7. The zero-order chi connectivity index (χ0) is 26.9. The largest absolute Gasteiger partial charge is 0.496 e. The molecule has 0 fully saturated rings. The van der Waals surface area contributed by atoms with Gasteiger partial charge in [-0.05, 0) is 61.4 Å². The molecule has 0 saturated carbocycles. The van der Waals surface area contributed by atoms with Crippen molar-refractivity contribution in [1.29, 1.82) is 5.26 Å². The van der Waals surface area contributed by atoms with Crippen molar-refractivity contribution in [3.05, 3.63) is 52.7 Å². The molecule has 1 amide bonds. The van der Waals surface area contributed by atoms with Crippen molar-refractivity contribution in [2.75, 3.05) is 20.8 Å². The summed E-state index contributed by atoms with van der Waals surface area (Å²) in [7, 11) is 3.22. The first-order valence-electron chi connectivity index (χ1n) is 12.3. The van der Waals surface area contributed by atoms with Crippen molar-refractivity contribution < 1.29 is 23.5 Å². The number of carbonyl (C=O) groups is 1. The van der Waals surface area contributed by atoms with Gasteiger partial charge in [0.05, 0.1) is 25.3 Å². The van der Waals surface area contributed by atoms with Gasteiger partial charge in [-0.1, -0.05) is 37.2 Å². The van der Waals surface area contributed by atoms with Gasteiger partial charge in [0.15, 0.2) is 11.5 Å². The molecule has 0 radical (unpaired) electrons. The molecular weight excluding hydrogens is 470 g/mol. The van der Waals surface area contributed by atoms with Crippen LogP contribution in [0.15, 0.2) is 34.9 Å². The van der Waals surface area contributed by atoms with Gasteiger partial charge in [-0.3, -0.25) is 0 Å². The van der Waals surface area contributed by atoms with Crippen molar-refractivity contribution in [2.24, 2.45) is 0 Å². The maximum absolute atomic E-state index is 12.6. The highest BCUT2D eigenvalue weighted by atomic mass is 16.6. The number of hydrogen-bond donors (Lipinski definition) is 0. The molecule has 1 aromatic heterocycles. The Morgan fingerprint density at radius 2 is 1.84 bits per heavy atom. The van der Waals surface area contributed by atoms with Gasteiger partial charge in [-0.2, -0.15) is 5.26 Å². The minimum atomic E-state index is -0.544. The second-order valence-electron chi connectivity index (χ2n) is 10.4. The van der Waals surface area contributed by atoms with E-state index in [0.29, 0.717) is 42.1 Å². The number of ether oxygens (including phenoxy) is 3. The average Bonchev–Trinajstić information content (AvgIpc) is 3.30. The van der Waals surface area contributed by atoms with Gasteiger partial charge in [0.25, 0.3) is 0 Å². The smallest absolute Gasteiger partial charge is 0.410 e. The number of benzene rings is 2. The van der Waals surface area contributed by atoms with Crippen molar-refractivity contribution >= 4 is 6.09 Å². The first-order chi connectivity index (χ1) is 17.6. The normalized spacial score (nSPS) is 13.2. The number of aromatic nitrogens is 1. The van der Waals surface area contributed by atoms with Crippen LogP contribution >= 0.6 is 0 Å². The summed E-state index contributed by atoms with van der Waals surface area (Å²) in [6, 6.07) is 12.0. The Morgan fingerprint density at radius 1 is 1.11 bits per heavy atom. The van der Waals surface area contributed by atoms with E-state index < -0.39 is 5.60 Å². The van der Waals surface area contributed by atoms with Crippen LogP contribution in [-0.4, -0.2) is 42.5 Å². The van der Waals surface area contributed by atoms with Gasteiger partial charge in [0.2, 0.25) is 0 Å². The predicted molar refractivity (Wildman–Crippen MR) is 140 cm³/mol. The van der Waals surface area contributed by atoms with Gasteiger partial charge in [-0.25, -0.2) is 4.79 Å². The molecule has 0 saturated heterocycles. The summed E-state index contributed by atoms with van der Waals surface area (Å²) < 4.78 is 22.5. The van der Waals surface area contributed by atoms with Gasteiger partial charge < -0.3 is 23.6 Å². The first kappa shape index (κ1) is 26.1. The molecule has 8 nitrogen and oxygen atoms in total. The number of nitrogens with zero attached hydrogens (tertiary/aromatic N) is 3. The predicted octanol–water partition coefficient (Wildman–Crippen LogP) is 6.31. The van der Waals surface area contributed by atoms with E-state index in [1.54, 1.807) is 19.1 Å². The van der Waals surface area contributed by atoms with Crippen LogP contribution in [0.2, 0.25) is 0 Å². The summed E-state index contributed by atoms with van der Waals surface area (Å²) >= 11 is 0. The number of methoxy groups -OCH3 is 2. The van der Waals surface area contributed by atoms with Gasteiger partial charge in [0, 0.05) is 19.2 Å². The Hall–Kier alpha value is -3.99. The molecule has 0 aliphatic carbocycles. The van der Waals surface area contributed by atoms with Gasteiger partial charge >= 0.3 is 6.09 Å². The zero-order valence-electron chi connectivity index (χ0n) is 22.5. The Morgan fingerprint density at radius 3 is 2.46 bits per heavy atom. The van der Waals surface area contributed by atoms with Crippen molar-refractivity contribution in [2.45, 2.75) is 59.1 Å². The fraction of sp³-hybridized carbons (Fsp3) is 0.414. The van der Waals surface area contributed by atoms with E-state index in [-0.39, 0.29) is 17.7 Å². The van der Waals surface area contributed by atoms with Crippen LogP contribution in [-0.2, 0) is 17.7 Å². The van der Waals surface area contributed by atoms with Crippen molar-refractivity contribution in [3.63, 3.8) is 0 Å². The Labute approximate surface area is 217 Å². The van der Waals surface area contributed by atoms with Crippen LogP contribution in [0.5, 0.6) is 11.5 Å². The summed E-state index contributed by atoms with van der Waals surface area (Å²) in [6.07, 6.45) is 0.358. The summed E-state index contributed by atoms with van der Waals surface area (Å²) in [5, 5.41) is 13.9. The molecule has 0 spiro atoms. The minimum absolute atomic E-state index is 0.193. The fourth-order valence-corrected chi connectivity index (χ4v) is 4.56. The molecular formula is C29H33N3O5. The number of carbonyl (C=O) groups excluding carboxylic acids is 1. The van der Waals surface area contributed by atoms with Crippen LogP contribution in [0.25, 0.3) is 22.5 Å². The standard InChI is InChI=1S/C29H33N3O5/c1-17(2)21-13-22(25(35-7)14-24(21)34-6)27-26(23(15-30)31-37-27)19-8-9-20-16-32(11-10-18(20)12-19)28(33)36-29(3,4)5/h8-9,12-14,17H,10-11,16H2,1-7H3. The van der Waals surface area contributed by atoms with Crippen LogP contribution < -0.4 is 9.47 Å². The lowest BCUT2D eigenvalue weighted by Crippen LogP contribution is -2.39. The molecule has 0 bridgehead atoms. The maximum atomic E-state index is 12.6. The maximum Gasteiger partial charge on any atom is 0.410 e. The van der Waals surface area contributed by atoms with E-state index in [2.05, 4.69) is 31.1 Å². The van der Waals surface area contributed by atoms with Crippen molar-refractivity contribution in [3.8, 4) is 40.0 Å². The molecule has 0 N–H and O–H groups in total. The highest BCUT2D eigenvalue weighted by molar-refractivity contribution is 5.86. The third kappa shape index (κ3) is 5.26. The number of amides is 1. The summed E-state index contributed by atoms with van der Waals surface area (Å²) in [4.78, 5) is 14.3. The first-order valence-corrected chi connectivity index (χ1v) is 12.3. The van der Waals surface area contributed by atoms with Crippen LogP contribution in [0.1, 0.15) is 62.9 Å². The molecule has 1 aliphatic heterocycles. The Bertz CT molecular complexity index is 1360. The molecule has 2 heterocycles. The quantitative estimate of drug-likeness (QED) is 0.402. The van der Waals surface area contributed by atoms with Gasteiger partial charge in [-0.15, -0.1) is 0 Å². The molecule has 0 atom stereocenters. The molecule has 1 aliphatic rings. The second kappa shape index (κ2) is 10.2. The van der Waals surface area contributed by atoms with E-state index in [1.165, 1.54) is 0 Å². The van der Waals surface area contributed by atoms with Crippen LogP contribution in [0.4, 0.5) is 4.79 Å². The molecule has 2 aromatic carbocycles. The van der Waals surface area contributed by atoms with Gasteiger partial charge in [0.1, 0.15) is 23.2 Å². The number of fused-ring (bicyclic) bond motifs is 1. The van der Waals surface area contributed by atoms with E-state index in [0.717, 1.165) is 28.0 Å². The van der Waals surface area contributed by atoms with E-state index in [9.17, 15) is 10.1 Å². The zero-order valence-corrected chi connectivity index (χ0v) is 22.5. The third-order valence-corrected chi connectivity index (χ3v) is 6.38. The lowest BCUT2D eigenvalue weighted by molar-refractivity contribution is 0.0224. The van der Waals surface area contributed by atoms with Crippen molar-refractivity contribution in [1.82, 2.24) is 10.1 Å². The van der Waals surface area contributed by atoms with Crippen LogP contribution in [0, 0.1) is 11.3 Å². The van der Waals surface area contributed by atoms with Crippen LogP contribution in [0.3, 0.4) is 0 Å². The Kier molecular flexibility index (Phi) is 7.17. The average molecular weight is 504 g/mol.